The quantitative estimate of drug-likeness (QED) is 0.566. The number of allylic oxidation sites excluding steroid dienone is 3. The van der Waals surface area contributed by atoms with Crippen LogP contribution in [0.25, 0.3) is 0 Å². The minimum absolute atomic E-state index is 0.0758. The van der Waals surface area contributed by atoms with Crippen molar-refractivity contribution in [3.05, 3.63) is 23.8 Å². The molecule has 62 valence electrons. The van der Waals surface area contributed by atoms with Gasteiger partial charge in [-0.1, -0.05) is 25.5 Å². The summed E-state index contributed by atoms with van der Waals surface area (Å²) in [5.74, 6) is 0.0758. The molecule has 0 saturated heterocycles. The van der Waals surface area contributed by atoms with Crippen LogP contribution in [0.3, 0.4) is 0 Å². The van der Waals surface area contributed by atoms with Crippen LogP contribution >= 0.6 is 0 Å². The summed E-state index contributed by atoms with van der Waals surface area (Å²) in [7, 11) is 0. The molecule has 0 rings (SSSR count). The van der Waals surface area contributed by atoms with Gasteiger partial charge in [-0.05, 0) is 31.9 Å². The third-order valence-corrected chi connectivity index (χ3v) is 1.32. The molecule has 0 aliphatic rings. The first-order valence-electron chi connectivity index (χ1n) is 3.95. The molecule has 0 aromatic rings. The Labute approximate surface area is 68.8 Å². The molecule has 0 bridgehead atoms. The van der Waals surface area contributed by atoms with Crippen molar-refractivity contribution in [1.82, 2.24) is 0 Å². The Morgan fingerprint density at radius 1 is 1.45 bits per heavy atom. The van der Waals surface area contributed by atoms with Crippen LogP contribution in [0.4, 0.5) is 0 Å². The molecule has 0 aliphatic heterocycles. The van der Waals surface area contributed by atoms with Gasteiger partial charge in [0.25, 0.3) is 0 Å². The van der Waals surface area contributed by atoms with Crippen LogP contribution in [-0.4, -0.2) is 5.78 Å². The SMILES string of the molecule is C=C(CCC)C(=O)C=C(C)C. The molecule has 0 saturated carbocycles. The number of carbonyl (C=O) groups is 1. The second kappa shape index (κ2) is 4.89. The van der Waals surface area contributed by atoms with Gasteiger partial charge in [-0.15, -0.1) is 0 Å². The lowest BCUT2D eigenvalue weighted by atomic mass is 10.1. The zero-order valence-electron chi connectivity index (χ0n) is 7.61. The monoisotopic (exact) mass is 152 g/mol. The number of ketones is 1. The Kier molecular flexibility index (Phi) is 4.51. The topological polar surface area (TPSA) is 17.1 Å². The van der Waals surface area contributed by atoms with Crippen molar-refractivity contribution in [2.45, 2.75) is 33.6 Å². The van der Waals surface area contributed by atoms with Gasteiger partial charge in [-0.3, -0.25) is 4.79 Å². The van der Waals surface area contributed by atoms with Gasteiger partial charge in [-0.25, -0.2) is 0 Å². The summed E-state index contributed by atoms with van der Waals surface area (Å²) in [4.78, 5) is 11.2. The fourth-order valence-corrected chi connectivity index (χ4v) is 0.789. The van der Waals surface area contributed by atoms with Crippen molar-refractivity contribution in [3.63, 3.8) is 0 Å². The van der Waals surface area contributed by atoms with Gasteiger partial charge in [0, 0.05) is 0 Å². The second-order valence-corrected chi connectivity index (χ2v) is 2.94. The van der Waals surface area contributed by atoms with E-state index in [9.17, 15) is 4.79 Å². The van der Waals surface area contributed by atoms with Crippen LogP contribution < -0.4 is 0 Å². The van der Waals surface area contributed by atoms with E-state index in [1.165, 1.54) is 0 Å². The van der Waals surface area contributed by atoms with E-state index in [1.54, 1.807) is 6.08 Å². The van der Waals surface area contributed by atoms with Crippen LogP contribution in [0.2, 0.25) is 0 Å². The first-order valence-corrected chi connectivity index (χ1v) is 3.95. The summed E-state index contributed by atoms with van der Waals surface area (Å²) in [6.45, 7) is 9.57. The summed E-state index contributed by atoms with van der Waals surface area (Å²) in [6, 6.07) is 0. The first-order chi connectivity index (χ1) is 5.07. The lowest BCUT2D eigenvalue weighted by molar-refractivity contribution is -0.111. The van der Waals surface area contributed by atoms with E-state index < -0.39 is 0 Å². The van der Waals surface area contributed by atoms with Crippen LogP contribution in [0.15, 0.2) is 23.8 Å². The lowest BCUT2D eigenvalue weighted by Gasteiger charge is -1.97. The predicted octanol–water partition coefficient (Wildman–Crippen LogP) is 2.88. The summed E-state index contributed by atoms with van der Waals surface area (Å²) >= 11 is 0. The molecule has 0 fully saturated rings. The van der Waals surface area contributed by atoms with Gasteiger partial charge in [0.15, 0.2) is 5.78 Å². The van der Waals surface area contributed by atoms with Crippen molar-refractivity contribution in [2.75, 3.05) is 0 Å². The van der Waals surface area contributed by atoms with Crippen LogP contribution in [-0.2, 0) is 4.79 Å². The fraction of sp³-hybridized carbons (Fsp3) is 0.500. The van der Waals surface area contributed by atoms with Crippen LogP contribution in [0.1, 0.15) is 33.6 Å². The Hall–Kier alpha value is -0.850. The standard InChI is InChI=1S/C10H16O/c1-5-6-9(4)10(11)7-8(2)3/h7H,4-6H2,1-3H3. The Morgan fingerprint density at radius 2 is 2.00 bits per heavy atom. The van der Waals surface area contributed by atoms with Crippen LogP contribution in [0, 0.1) is 0 Å². The molecule has 0 spiro atoms. The van der Waals surface area contributed by atoms with Gasteiger partial charge in [0.05, 0.1) is 0 Å². The van der Waals surface area contributed by atoms with E-state index in [0.29, 0.717) is 5.57 Å². The van der Waals surface area contributed by atoms with E-state index >= 15 is 0 Å². The summed E-state index contributed by atoms with van der Waals surface area (Å²) < 4.78 is 0. The predicted molar refractivity (Wildman–Crippen MR) is 48.5 cm³/mol. The molecule has 0 heterocycles. The van der Waals surface area contributed by atoms with Gasteiger partial charge in [0.1, 0.15) is 0 Å². The number of hydrogen-bond acceptors (Lipinski definition) is 1. The van der Waals surface area contributed by atoms with Crippen molar-refractivity contribution in [1.29, 1.82) is 0 Å². The smallest absolute Gasteiger partial charge is 0.181 e. The Morgan fingerprint density at radius 3 is 2.36 bits per heavy atom. The first kappa shape index (κ1) is 10.2. The van der Waals surface area contributed by atoms with Crippen LogP contribution in [0.5, 0.6) is 0 Å². The molecule has 0 unspecified atom stereocenters. The highest BCUT2D eigenvalue weighted by Gasteiger charge is 2.00. The van der Waals surface area contributed by atoms with Gasteiger partial charge < -0.3 is 0 Å². The Balaban J connectivity index is 4.05. The fourth-order valence-electron chi connectivity index (χ4n) is 0.789. The zero-order valence-corrected chi connectivity index (χ0v) is 7.61. The van der Waals surface area contributed by atoms with Gasteiger partial charge in [-0.2, -0.15) is 0 Å². The molecular formula is C10H16O. The molecule has 0 atom stereocenters. The molecule has 0 aromatic heterocycles. The summed E-state index contributed by atoms with van der Waals surface area (Å²) in [5, 5.41) is 0. The van der Waals surface area contributed by atoms with Crippen molar-refractivity contribution in [2.24, 2.45) is 0 Å². The molecule has 11 heavy (non-hydrogen) atoms. The molecule has 1 nitrogen and oxygen atoms in total. The minimum atomic E-state index is 0.0758. The van der Waals surface area contributed by atoms with Crippen molar-refractivity contribution >= 4 is 5.78 Å². The molecule has 0 aliphatic carbocycles. The largest absolute Gasteiger partial charge is 0.290 e. The van der Waals surface area contributed by atoms with Gasteiger partial charge >= 0.3 is 0 Å². The summed E-state index contributed by atoms with van der Waals surface area (Å²) in [5.41, 5.74) is 1.75. The lowest BCUT2D eigenvalue weighted by Crippen LogP contribution is -1.96. The maximum Gasteiger partial charge on any atom is 0.181 e. The second-order valence-electron chi connectivity index (χ2n) is 2.94. The average molecular weight is 152 g/mol. The van der Waals surface area contributed by atoms with Crippen molar-refractivity contribution in [3.8, 4) is 0 Å². The van der Waals surface area contributed by atoms with E-state index in [4.69, 9.17) is 0 Å². The number of hydrogen-bond donors (Lipinski definition) is 0. The molecule has 0 aromatic carbocycles. The summed E-state index contributed by atoms with van der Waals surface area (Å²) in [6.07, 6.45) is 3.43. The van der Waals surface area contributed by atoms with E-state index in [0.717, 1.165) is 18.4 Å². The zero-order chi connectivity index (χ0) is 8.85. The maximum atomic E-state index is 11.2. The average Bonchev–Trinajstić information content (AvgIpc) is 1.86. The highest BCUT2D eigenvalue weighted by atomic mass is 16.1. The molecule has 0 amide bonds. The van der Waals surface area contributed by atoms with Crippen molar-refractivity contribution < 1.29 is 4.79 Å². The van der Waals surface area contributed by atoms with E-state index in [1.807, 2.05) is 20.8 Å². The normalized spacial score (nSPS) is 9.00. The molecule has 1 heteroatoms. The highest BCUT2D eigenvalue weighted by molar-refractivity contribution is 6.03. The maximum absolute atomic E-state index is 11.2. The molecule has 0 radical (unpaired) electrons. The molecule has 0 N–H and O–H groups in total. The van der Waals surface area contributed by atoms with Gasteiger partial charge in [0.2, 0.25) is 0 Å². The number of carbonyl (C=O) groups excluding carboxylic acids is 1. The highest BCUT2D eigenvalue weighted by Crippen LogP contribution is 2.05. The minimum Gasteiger partial charge on any atom is -0.290 e. The number of rotatable bonds is 4. The Bertz CT molecular complexity index is 183. The van der Waals surface area contributed by atoms with E-state index in [-0.39, 0.29) is 5.78 Å². The molecular weight excluding hydrogens is 136 g/mol. The third-order valence-electron chi connectivity index (χ3n) is 1.32. The van der Waals surface area contributed by atoms with E-state index in [2.05, 4.69) is 6.58 Å². The third kappa shape index (κ3) is 4.54.